The summed E-state index contributed by atoms with van der Waals surface area (Å²) < 4.78 is 27.4. The summed E-state index contributed by atoms with van der Waals surface area (Å²) >= 11 is 1.33. The van der Waals surface area contributed by atoms with Gasteiger partial charge in [-0.3, -0.25) is 0 Å². The Kier molecular flexibility index (Phi) is 4.89. The highest BCUT2D eigenvalue weighted by atomic mass is 32.2. The molecule has 6 heteroatoms. The molecule has 1 aliphatic heterocycles. The molecule has 20 heavy (non-hydrogen) atoms. The van der Waals surface area contributed by atoms with E-state index in [-0.39, 0.29) is 0 Å². The fourth-order valence-electron chi connectivity index (χ4n) is 2.53. The molecule has 1 aromatic heterocycles. The number of rotatable bonds is 5. The predicted octanol–water partition coefficient (Wildman–Crippen LogP) is 2.67. The highest BCUT2D eigenvalue weighted by Gasteiger charge is 2.34. The molecule has 2 heterocycles. The van der Waals surface area contributed by atoms with E-state index in [0.29, 0.717) is 29.3 Å². The van der Waals surface area contributed by atoms with Crippen molar-refractivity contribution < 1.29 is 8.42 Å². The van der Waals surface area contributed by atoms with Gasteiger partial charge in [0.1, 0.15) is 4.21 Å². The summed E-state index contributed by atoms with van der Waals surface area (Å²) in [5.41, 5.74) is 1.34. The van der Waals surface area contributed by atoms with E-state index in [1.54, 1.807) is 10.4 Å². The van der Waals surface area contributed by atoms with Crippen LogP contribution in [0.3, 0.4) is 0 Å². The summed E-state index contributed by atoms with van der Waals surface area (Å²) in [6.45, 7) is 6.44. The molecule has 4 nitrogen and oxygen atoms in total. The average molecular weight is 316 g/mol. The zero-order valence-corrected chi connectivity index (χ0v) is 14.1. The fourth-order valence-corrected chi connectivity index (χ4v) is 5.34. The highest BCUT2D eigenvalue weighted by Crippen LogP contribution is 2.36. The molecule has 0 atom stereocenters. The molecular weight excluding hydrogens is 292 g/mol. The van der Waals surface area contributed by atoms with Crippen LogP contribution in [0.2, 0.25) is 0 Å². The van der Waals surface area contributed by atoms with Crippen LogP contribution in [0, 0.1) is 5.41 Å². The first-order valence-electron chi connectivity index (χ1n) is 7.13. The number of sulfonamides is 1. The van der Waals surface area contributed by atoms with E-state index < -0.39 is 10.0 Å². The average Bonchev–Trinajstić information content (AvgIpc) is 2.89. The van der Waals surface area contributed by atoms with E-state index in [1.807, 2.05) is 12.4 Å². The summed E-state index contributed by atoms with van der Waals surface area (Å²) in [7, 11) is -1.43. The van der Waals surface area contributed by atoms with Gasteiger partial charge in [-0.1, -0.05) is 20.3 Å². The molecule has 2 rings (SSSR count). The van der Waals surface area contributed by atoms with Gasteiger partial charge in [0, 0.05) is 19.6 Å². The number of nitrogens with zero attached hydrogens (tertiary/aromatic N) is 1. The number of hydrogen-bond donors (Lipinski definition) is 1. The van der Waals surface area contributed by atoms with Gasteiger partial charge < -0.3 is 5.32 Å². The van der Waals surface area contributed by atoms with E-state index in [4.69, 9.17) is 0 Å². The van der Waals surface area contributed by atoms with Crippen LogP contribution < -0.4 is 5.32 Å². The maximum Gasteiger partial charge on any atom is 0.252 e. The lowest BCUT2D eigenvalue weighted by molar-refractivity contribution is 0.169. The Bertz CT molecular complexity index is 543. The van der Waals surface area contributed by atoms with Crippen LogP contribution in [-0.4, -0.2) is 32.9 Å². The minimum absolute atomic E-state index is 0.304. The Morgan fingerprint density at radius 1 is 1.40 bits per heavy atom. The number of piperidine rings is 1. The van der Waals surface area contributed by atoms with Crippen molar-refractivity contribution in [3.8, 4) is 0 Å². The Hall–Kier alpha value is -0.430. The van der Waals surface area contributed by atoms with Gasteiger partial charge in [-0.25, -0.2) is 8.42 Å². The summed E-state index contributed by atoms with van der Waals surface area (Å²) in [5, 5.41) is 4.97. The molecule has 0 radical (unpaired) electrons. The highest BCUT2D eigenvalue weighted by molar-refractivity contribution is 7.91. The minimum atomic E-state index is -3.29. The van der Waals surface area contributed by atoms with E-state index in [9.17, 15) is 8.42 Å². The van der Waals surface area contributed by atoms with Gasteiger partial charge >= 0.3 is 0 Å². The first kappa shape index (κ1) is 15.9. The zero-order valence-electron chi connectivity index (χ0n) is 12.5. The molecule has 0 spiro atoms. The van der Waals surface area contributed by atoms with Crippen molar-refractivity contribution in [2.24, 2.45) is 5.41 Å². The normalized spacial score (nSPS) is 20.1. The van der Waals surface area contributed by atoms with Crippen molar-refractivity contribution in [1.82, 2.24) is 9.62 Å². The molecule has 1 aliphatic rings. The van der Waals surface area contributed by atoms with Gasteiger partial charge in [-0.2, -0.15) is 4.31 Å². The van der Waals surface area contributed by atoms with Crippen LogP contribution in [0.25, 0.3) is 0 Å². The first-order chi connectivity index (χ1) is 9.41. The molecule has 0 unspecified atom stereocenters. The summed E-state index contributed by atoms with van der Waals surface area (Å²) in [4.78, 5) is 0. The molecule has 0 aliphatic carbocycles. The smallest absolute Gasteiger partial charge is 0.252 e. The largest absolute Gasteiger partial charge is 0.316 e. The second-order valence-electron chi connectivity index (χ2n) is 5.87. The van der Waals surface area contributed by atoms with E-state index in [0.717, 1.165) is 24.8 Å². The monoisotopic (exact) mass is 316 g/mol. The second-order valence-corrected chi connectivity index (χ2v) is 8.95. The van der Waals surface area contributed by atoms with Crippen molar-refractivity contribution in [2.45, 2.75) is 43.9 Å². The molecule has 114 valence electrons. The molecule has 1 fully saturated rings. The lowest BCUT2D eigenvalue weighted by atomic mass is 9.79. The third-order valence-corrected chi connectivity index (χ3v) is 7.75. The van der Waals surface area contributed by atoms with Crippen molar-refractivity contribution in [3.05, 3.63) is 17.0 Å². The molecular formula is C14H24N2O2S2. The summed E-state index contributed by atoms with van der Waals surface area (Å²) in [6.07, 6.45) is 3.03. The van der Waals surface area contributed by atoms with E-state index in [2.05, 4.69) is 19.2 Å². The number of thiophene rings is 1. The van der Waals surface area contributed by atoms with Gasteiger partial charge in [0.15, 0.2) is 0 Å². The molecule has 0 aromatic carbocycles. The Balaban J connectivity index is 2.11. The SMILES string of the molecule is CCC1(C)CCN(S(=O)(=O)c2cc(CNC)cs2)CC1. The van der Waals surface area contributed by atoms with Crippen LogP contribution in [0.1, 0.15) is 38.7 Å². The molecule has 0 saturated carbocycles. The quantitative estimate of drug-likeness (QED) is 0.908. The van der Waals surface area contributed by atoms with Crippen LogP contribution in [0.4, 0.5) is 0 Å². The van der Waals surface area contributed by atoms with Crippen LogP contribution in [0.15, 0.2) is 15.7 Å². The fraction of sp³-hybridized carbons (Fsp3) is 0.714. The number of hydrogen-bond acceptors (Lipinski definition) is 4. The maximum absolute atomic E-state index is 12.6. The molecule has 0 bridgehead atoms. The van der Waals surface area contributed by atoms with Crippen LogP contribution in [-0.2, 0) is 16.6 Å². The Morgan fingerprint density at radius 3 is 2.60 bits per heavy atom. The summed E-state index contributed by atoms with van der Waals surface area (Å²) in [5.74, 6) is 0. The van der Waals surface area contributed by atoms with Gasteiger partial charge in [-0.05, 0) is 42.3 Å². The minimum Gasteiger partial charge on any atom is -0.316 e. The third kappa shape index (κ3) is 3.24. The summed E-state index contributed by atoms with van der Waals surface area (Å²) in [6, 6.07) is 1.80. The Labute approximate surface area is 126 Å². The Morgan fingerprint density at radius 2 is 2.05 bits per heavy atom. The van der Waals surface area contributed by atoms with Gasteiger partial charge in [0.2, 0.25) is 0 Å². The van der Waals surface area contributed by atoms with Gasteiger partial charge in [-0.15, -0.1) is 11.3 Å². The second kappa shape index (κ2) is 6.13. The van der Waals surface area contributed by atoms with Crippen LogP contribution >= 0.6 is 11.3 Å². The van der Waals surface area contributed by atoms with Crippen molar-refractivity contribution >= 4 is 21.4 Å². The van der Waals surface area contributed by atoms with E-state index >= 15 is 0 Å². The van der Waals surface area contributed by atoms with E-state index in [1.165, 1.54) is 11.3 Å². The van der Waals surface area contributed by atoms with Gasteiger partial charge in [0.05, 0.1) is 0 Å². The van der Waals surface area contributed by atoms with Crippen molar-refractivity contribution in [3.63, 3.8) is 0 Å². The topological polar surface area (TPSA) is 49.4 Å². The lowest BCUT2D eigenvalue weighted by Crippen LogP contribution is -2.41. The first-order valence-corrected chi connectivity index (χ1v) is 9.45. The third-order valence-electron chi connectivity index (χ3n) is 4.39. The molecule has 1 aromatic rings. The van der Waals surface area contributed by atoms with Crippen molar-refractivity contribution in [2.75, 3.05) is 20.1 Å². The zero-order chi connectivity index (χ0) is 14.8. The molecule has 1 saturated heterocycles. The molecule has 0 amide bonds. The standard InChI is InChI=1S/C14H24N2O2S2/c1-4-14(2)5-7-16(8-6-14)20(17,18)13-9-12(10-15-3)11-19-13/h9,11,15H,4-8,10H2,1-3H3. The number of nitrogens with one attached hydrogen (secondary N) is 1. The van der Waals surface area contributed by atoms with Crippen LogP contribution in [0.5, 0.6) is 0 Å². The van der Waals surface area contributed by atoms with Crippen molar-refractivity contribution in [1.29, 1.82) is 0 Å². The lowest BCUT2D eigenvalue weighted by Gasteiger charge is -2.37. The molecule has 1 N–H and O–H groups in total. The van der Waals surface area contributed by atoms with Gasteiger partial charge in [0.25, 0.3) is 10.0 Å². The predicted molar refractivity (Wildman–Crippen MR) is 83.5 cm³/mol. The maximum atomic E-state index is 12.6.